The predicted molar refractivity (Wildman–Crippen MR) is 184 cm³/mol. The monoisotopic (exact) mass is 654 g/mol. The third-order valence-electron chi connectivity index (χ3n) is 10.7. The van der Waals surface area contributed by atoms with Crippen LogP contribution in [0.3, 0.4) is 0 Å². The quantitative estimate of drug-likeness (QED) is 0.283. The van der Waals surface area contributed by atoms with E-state index in [1.807, 2.05) is 18.2 Å². The second kappa shape index (κ2) is 12.6. The number of imide groups is 2. The second-order valence-electron chi connectivity index (χ2n) is 13.6. The summed E-state index contributed by atoms with van der Waals surface area (Å²) in [5, 5.41) is 12.4. The number of amides is 4. The van der Waals surface area contributed by atoms with Crippen molar-refractivity contribution in [3.8, 4) is 5.75 Å². The minimum absolute atomic E-state index is 0.0983. The normalized spacial score (nSPS) is 22.6. The zero-order valence-corrected chi connectivity index (χ0v) is 27.2. The maximum atomic E-state index is 13.3. The van der Waals surface area contributed by atoms with Gasteiger partial charge in [-0.2, -0.15) is 0 Å². The third-order valence-corrected chi connectivity index (χ3v) is 10.7. The average Bonchev–Trinajstić information content (AvgIpc) is 3.36. The largest absolute Gasteiger partial charge is 0.508 e. The molecule has 0 saturated carbocycles. The molecular weight excluding hydrogens is 616 g/mol. The highest BCUT2D eigenvalue weighted by Gasteiger charge is 2.44. The van der Waals surface area contributed by atoms with Crippen molar-refractivity contribution in [3.05, 3.63) is 130 Å². The van der Waals surface area contributed by atoms with Gasteiger partial charge >= 0.3 is 0 Å². The first kappa shape index (κ1) is 31.0. The van der Waals surface area contributed by atoms with Crippen molar-refractivity contribution in [2.75, 3.05) is 31.1 Å². The molecule has 9 nitrogen and oxygen atoms in total. The van der Waals surface area contributed by atoms with Crippen molar-refractivity contribution >= 4 is 29.3 Å². The average molecular weight is 655 g/mol. The van der Waals surface area contributed by atoms with Gasteiger partial charge in [0.15, 0.2) is 0 Å². The number of rotatable bonds is 6. The SMILES string of the molecule is O=C1CCC(N2C(=O)c3ccc(CN4CCN(c5ccc([C@H]6c7ccc(O)cc7CC[C@H]6c6ccccc6)cc5)CC4)cc3C2=O)C(=O)N1. The second-order valence-corrected chi connectivity index (χ2v) is 13.6. The lowest BCUT2D eigenvalue weighted by molar-refractivity contribution is -0.136. The molecule has 4 aliphatic rings. The zero-order chi connectivity index (χ0) is 33.6. The zero-order valence-electron chi connectivity index (χ0n) is 27.2. The van der Waals surface area contributed by atoms with Crippen LogP contribution in [0.4, 0.5) is 5.69 Å². The number of anilines is 1. The van der Waals surface area contributed by atoms with Gasteiger partial charge in [0, 0.05) is 50.7 Å². The van der Waals surface area contributed by atoms with E-state index in [1.165, 1.54) is 27.9 Å². The van der Waals surface area contributed by atoms with Crippen molar-refractivity contribution < 1.29 is 24.3 Å². The lowest BCUT2D eigenvalue weighted by Gasteiger charge is -2.37. The number of carbonyl (C=O) groups excluding carboxylic acids is 4. The van der Waals surface area contributed by atoms with Gasteiger partial charge in [-0.15, -0.1) is 0 Å². The van der Waals surface area contributed by atoms with Crippen LogP contribution in [-0.4, -0.2) is 70.8 Å². The van der Waals surface area contributed by atoms with Crippen molar-refractivity contribution in [2.45, 2.75) is 50.1 Å². The number of hydrogen-bond donors (Lipinski definition) is 2. The molecule has 9 heteroatoms. The van der Waals surface area contributed by atoms with Crippen LogP contribution in [0.1, 0.15) is 79.6 Å². The molecule has 0 bridgehead atoms. The fraction of sp³-hybridized carbons (Fsp3) is 0.300. The number of fused-ring (bicyclic) bond motifs is 2. The van der Waals surface area contributed by atoms with Crippen LogP contribution < -0.4 is 10.2 Å². The van der Waals surface area contributed by atoms with E-state index in [4.69, 9.17) is 0 Å². The Morgan fingerprint density at radius 2 is 1.47 bits per heavy atom. The van der Waals surface area contributed by atoms with Crippen LogP contribution in [0.15, 0.2) is 91.0 Å². The van der Waals surface area contributed by atoms with Gasteiger partial charge in [0.2, 0.25) is 11.8 Å². The van der Waals surface area contributed by atoms with Crippen LogP contribution in [0.25, 0.3) is 0 Å². The molecule has 3 heterocycles. The Labute approximate surface area is 285 Å². The number of phenols is 1. The highest BCUT2D eigenvalue weighted by molar-refractivity contribution is 6.23. The van der Waals surface area contributed by atoms with Gasteiger partial charge in [0.25, 0.3) is 11.8 Å². The van der Waals surface area contributed by atoms with E-state index in [0.717, 1.165) is 49.5 Å². The first-order chi connectivity index (χ1) is 23.8. The summed E-state index contributed by atoms with van der Waals surface area (Å²) >= 11 is 0. The van der Waals surface area contributed by atoms with Crippen LogP contribution in [0.2, 0.25) is 0 Å². The van der Waals surface area contributed by atoms with Gasteiger partial charge in [-0.25, -0.2) is 0 Å². The van der Waals surface area contributed by atoms with E-state index >= 15 is 0 Å². The third kappa shape index (κ3) is 5.78. The van der Waals surface area contributed by atoms with E-state index in [-0.39, 0.29) is 24.7 Å². The number of aromatic hydroxyl groups is 1. The molecule has 4 aromatic carbocycles. The molecule has 4 aromatic rings. The minimum atomic E-state index is -0.964. The molecular formula is C40H38N4O5. The van der Waals surface area contributed by atoms with Gasteiger partial charge in [-0.3, -0.25) is 34.3 Å². The topological polar surface area (TPSA) is 110 Å². The van der Waals surface area contributed by atoms with E-state index < -0.39 is 23.8 Å². The Morgan fingerprint density at radius 1 is 0.714 bits per heavy atom. The fourth-order valence-corrected chi connectivity index (χ4v) is 8.21. The summed E-state index contributed by atoms with van der Waals surface area (Å²) in [5.41, 5.74) is 7.90. The summed E-state index contributed by atoms with van der Waals surface area (Å²) in [6, 6.07) is 30.0. The lowest BCUT2D eigenvalue weighted by Crippen LogP contribution is -2.54. The number of aryl methyl sites for hydroxylation is 1. The Kier molecular flexibility index (Phi) is 8.00. The van der Waals surface area contributed by atoms with Crippen LogP contribution >= 0.6 is 0 Å². The van der Waals surface area contributed by atoms with Crippen molar-refractivity contribution in [1.82, 2.24) is 15.1 Å². The maximum Gasteiger partial charge on any atom is 0.262 e. The van der Waals surface area contributed by atoms with Crippen LogP contribution in [-0.2, 0) is 22.6 Å². The molecule has 8 rings (SSSR count). The maximum absolute atomic E-state index is 13.3. The van der Waals surface area contributed by atoms with Crippen molar-refractivity contribution in [2.24, 2.45) is 0 Å². The summed E-state index contributed by atoms with van der Waals surface area (Å²) in [6.45, 7) is 4.08. The minimum Gasteiger partial charge on any atom is -0.508 e. The number of piperazine rings is 1. The predicted octanol–water partition coefficient (Wildman–Crippen LogP) is 4.98. The smallest absolute Gasteiger partial charge is 0.262 e. The first-order valence-corrected chi connectivity index (χ1v) is 17.1. The summed E-state index contributed by atoms with van der Waals surface area (Å²) in [7, 11) is 0. The molecule has 1 unspecified atom stereocenters. The van der Waals surface area contributed by atoms with Crippen molar-refractivity contribution in [1.29, 1.82) is 0 Å². The highest BCUT2D eigenvalue weighted by atomic mass is 16.3. The summed E-state index contributed by atoms with van der Waals surface area (Å²) < 4.78 is 0. The number of piperidine rings is 1. The summed E-state index contributed by atoms with van der Waals surface area (Å²) in [6.07, 6.45) is 2.22. The number of nitrogens with zero attached hydrogens (tertiary/aromatic N) is 3. The van der Waals surface area contributed by atoms with Gasteiger partial charge in [0.1, 0.15) is 11.8 Å². The molecule has 2 saturated heterocycles. The molecule has 248 valence electrons. The van der Waals surface area contributed by atoms with E-state index in [2.05, 4.69) is 75.8 Å². The first-order valence-electron chi connectivity index (χ1n) is 17.1. The Balaban J connectivity index is 0.931. The number of carbonyl (C=O) groups is 4. The molecule has 0 spiro atoms. The van der Waals surface area contributed by atoms with E-state index in [0.29, 0.717) is 29.3 Å². The Bertz CT molecular complexity index is 1950. The summed E-state index contributed by atoms with van der Waals surface area (Å²) in [4.78, 5) is 56.1. The standard InChI is InChI=1S/C40H38N4O5/c45-30-12-15-32-28(23-30)9-14-31(26-4-2-1-3-5-26)37(32)27-7-10-29(11-8-27)43-20-18-42(19-21-43)24-25-6-13-33-34(22-25)40(49)44(39(33)48)35-16-17-36(46)41-38(35)47/h1-8,10-13,15,22-23,31,35,37,45H,9,14,16-21,24H2,(H,41,46,47)/t31-,35?,37+/m0/s1. The molecule has 2 fully saturated rings. The molecule has 4 amide bonds. The molecule has 3 atom stereocenters. The number of hydrogen-bond acceptors (Lipinski definition) is 7. The van der Waals surface area contributed by atoms with E-state index in [1.54, 1.807) is 12.1 Å². The van der Waals surface area contributed by atoms with Crippen LogP contribution in [0.5, 0.6) is 5.75 Å². The molecule has 0 aromatic heterocycles. The van der Waals surface area contributed by atoms with Crippen molar-refractivity contribution in [3.63, 3.8) is 0 Å². The lowest BCUT2D eigenvalue weighted by atomic mass is 9.69. The molecule has 1 aliphatic carbocycles. The van der Waals surface area contributed by atoms with Crippen LogP contribution in [0, 0.1) is 0 Å². The number of phenolic OH excluding ortho intramolecular Hbond substituents is 1. The van der Waals surface area contributed by atoms with Gasteiger partial charge < -0.3 is 10.0 Å². The Morgan fingerprint density at radius 3 is 2.22 bits per heavy atom. The van der Waals surface area contributed by atoms with Gasteiger partial charge in [-0.05, 0) is 89.4 Å². The molecule has 0 radical (unpaired) electrons. The summed E-state index contributed by atoms with van der Waals surface area (Å²) in [5.74, 6) is -1.05. The number of benzene rings is 4. The molecule has 2 N–H and O–H groups in total. The molecule has 49 heavy (non-hydrogen) atoms. The molecule has 3 aliphatic heterocycles. The highest BCUT2D eigenvalue weighted by Crippen LogP contribution is 2.47. The fourth-order valence-electron chi connectivity index (χ4n) is 8.21. The van der Waals surface area contributed by atoms with Gasteiger partial charge in [-0.1, -0.05) is 54.6 Å². The van der Waals surface area contributed by atoms with E-state index in [9.17, 15) is 24.3 Å². The Hall–Kier alpha value is -5.28. The number of nitrogens with one attached hydrogen (secondary N) is 1. The van der Waals surface area contributed by atoms with Gasteiger partial charge in [0.05, 0.1) is 11.1 Å².